The standard InChI is InChI=1S/C16H24N4S/c1-4-20(12-15-6-5-7-21-15)16-11-18-14(10-19-16)9-17-8-13(2)3/h5-7,10-11,13,17H,4,8-9,12H2,1-3H3. The molecule has 2 heterocycles. The summed E-state index contributed by atoms with van der Waals surface area (Å²) in [5.41, 5.74) is 0.992. The van der Waals surface area contributed by atoms with Crippen LogP contribution >= 0.6 is 11.3 Å². The van der Waals surface area contributed by atoms with Crippen molar-refractivity contribution in [2.75, 3.05) is 18.0 Å². The van der Waals surface area contributed by atoms with Crippen LogP contribution in [0.15, 0.2) is 29.9 Å². The van der Waals surface area contributed by atoms with Crippen molar-refractivity contribution in [3.63, 3.8) is 0 Å². The molecule has 4 nitrogen and oxygen atoms in total. The minimum atomic E-state index is 0.651. The first-order valence-electron chi connectivity index (χ1n) is 7.48. The zero-order valence-electron chi connectivity index (χ0n) is 13.0. The number of hydrogen-bond donors (Lipinski definition) is 1. The summed E-state index contributed by atoms with van der Waals surface area (Å²) in [6.45, 7) is 10.2. The molecule has 0 bridgehead atoms. The lowest BCUT2D eigenvalue weighted by Crippen LogP contribution is -2.23. The van der Waals surface area contributed by atoms with Crippen molar-refractivity contribution in [1.29, 1.82) is 0 Å². The molecule has 0 aliphatic carbocycles. The van der Waals surface area contributed by atoms with Gasteiger partial charge in [-0.1, -0.05) is 19.9 Å². The Kier molecular flexibility index (Phi) is 6.14. The smallest absolute Gasteiger partial charge is 0.147 e. The first-order valence-corrected chi connectivity index (χ1v) is 8.36. The van der Waals surface area contributed by atoms with Gasteiger partial charge in [-0.2, -0.15) is 0 Å². The van der Waals surface area contributed by atoms with E-state index in [2.05, 4.69) is 58.5 Å². The van der Waals surface area contributed by atoms with E-state index >= 15 is 0 Å². The van der Waals surface area contributed by atoms with Crippen molar-refractivity contribution >= 4 is 17.2 Å². The quantitative estimate of drug-likeness (QED) is 0.812. The molecule has 0 radical (unpaired) electrons. The number of thiophene rings is 1. The number of nitrogens with one attached hydrogen (secondary N) is 1. The fourth-order valence-electron chi connectivity index (χ4n) is 2.04. The molecule has 1 N–H and O–H groups in total. The fraction of sp³-hybridized carbons (Fsp3) is 0.500. The van der Waals surface area contributed by atoms with E-state index in [4.69, 9.17) is 0 Å². The van der Waals surface area contributed by atoms with Gasteiger partial charge in [0.2, 0.25) is 0 Å². The summed E-state index contributed by atoms with van der Waals surface area (Å²) in [5.74, 6) is 1.59. The van der Waals surface area contributed by atoms with E-state index < -0.39 is 0 Å². The Balaban J connectivity index is 1.93. The summed E-state index contributed by atoms with van der Waals surface area (Å²) in [6, 6.07) is 4.24. The molecule has 0 saturated heterocycles. The Bertz CT molecular complexity index is 508. The zero-order valence-corrected chi connectivity index (χ0v) is 13.9. The van der Waals surface area contributed by atoms with E-state index in [1.165, 1.54) is 4.88 Å². The van der Waals surface area contributed by atoms with E-state index in [1.807, 2.05) is 12.4 Å². The molecular weight excluding hydrogens is 280 g/mol. The van der Waals surface area contributed by atoms with Gasteiger partial charge < -0.3 is 10.2 Å². The Hall–Kier alpha value is -1.46. The number of nitrogens with zero attached hydrogens (tertiary/aromatic N) is 3. The van der Waals surface area contributed by atoms with Crippen molar-refractivity contribution in [3.05, 3.63) is 40.5 Å². The predicted molar refractivity (Wildman–Crippen MR) is 89.6 cm³/mol. The van der Waals surface area contributed by atoms with Crippen LogP contribution in [0.1, 0.15) is 31.3 Å². The third-order valence-corrected chi connectivity index (χ3v) is 4.04. The van der Waals surface area contributed by atoms with Gasteiger partial charge in [-0.3, -0.25) is 4.98 Å². The molecule has 114 valence electrons. The van der Waals surface area contributed by atoms with E-state index in [0.29, 0.717) is 5.92 Å². The largest absolute Gasteiger partial charge is 0.350 e. The second-order valence-electron chi connectivity index (χ2n) is 5.48. The summed E-state index contributed by atoms with van der Waals surface area (Å²) >= 11 is 1.78. The topological polar surface area (TPSA) is 41.1 Å². The zero-order chi connectivity index (χ0) is 15.1. The molecule has 2 aromatic heterocycles. The van der Waals surface area contributed by atoms with Gasteiger partial charge >= 0.3 is 0 Å². The first-order chi connectivity index (χ1) is 10.2. The molecule has 0 aliphatic rings. The van der Waals surface area contributed by atoms with E-state index in [0.717, 1.165) is 37.7 Å². The minimum Gasteiger partial charge on any atom is -0.350 e. The van der Waals surface area contributed by atoms with Gasteiger partial charge in [-0.15, -0.1) is 11.3 Å². The van der Waals surface area contributed by atoms with Crippen LogP contribution in [-0.4, -0.2) is 23.1 Å². The SMILES string of the molecule is CCN(Cc1cccs1)c1cnc(CNCC(C)C)cn1. The van der Waals surface area contributed by atoms with Crippen molar-refractivity contribution < 1.29 is 0 Å². The number of aromatic nitrogens is 2. The van der Waals surface area contributed by atoms with Crippen LogP contribution in [0.5, 0.6) is 0 Å². The fourth-order valence-corrected chi connectivity index (χ4v) is 2.76. The monoisotopic (exact) mass is 304 g/mol. The Labute approximate surface area is 131 Å². The normalized spacial score (nSPS) is 11.0. The maximum absolute atomic E-state index is 4.56. The summed E-state index contributed by atoms with van der Waals surface area (Å²) in [6.07, 6.45) is 3.75. The van der Waals surface area contributed by atoms with Crippen LogP contribution in [0.4, 0.5) is 5.82 Å². The van der Waals surface area contributed by atoms with Crippen LogP contribution in [0, 0.1) is 5.92 Å². The summed E-state index contributed by atoms with van der Waals surface area (Å²) < 4.78 is 0. The highest BCUT2D eigenvalue weighted by molar-refractivity contribution is 7.09. The lowest BCUT2D eigenvalue weighted by atomic mass is 10.2. The second-order valence-corrected chi connectivity index (χ2v) is 6.52. The molecule has 0 saturated carbocycles. The van der Waals surface area contributed by atoms with Gasteiger partial charge in [-0.05, 0) is 30.8 Å². The lowest BCUT2D eigenvalue weighted by molar-refractivity contribution is 0.547. The maximum atomic E-state index is 4.56. The van der Waals surface area contributed by atoms with Crippen molar-refractivity contribution in [2.45, 2.75) is 33.9 Å². The molecule has 0 atom stereocenters. The van der Waals surface area contributed by atoms with Gasteiger partial charge in [0.05, 0.1) is 24.6 Å². The number of anilines is 1. The van der Waals surface area contributed by atoms with Gasteiger partial charge in [0.15, 0.2) is 0 Å². The van der Waals surface area contributed by atoms with Gasteiger partial charge in [0, 0.05) is 18.0 Å². The van der Waals surface area contributed by atoms with Crippen molar-refractivity contribution in [2.24, 2.45) is 5.92 Å². The Morgan fingerprint density at radius 2 is 2.14 bits per heavy atom. The summed E-state index contributed by atoms with van der Waals surface area (Å²) in [7, 11) is 0. The van der Waals surface area contributed by atoms with Crippen LogP contribution in [0.3, 0.4) is 0 Å². The molecular formula is C16H24N4S. The van der Waals surface area contributed by atoms with Crippen LogP contribution in [-0.2, 0) is 13.1 Å². The molecule has 0 fully saturated rings. The molecule has 0 spiro atoms. The molecule has 0 unspecified atom stereocenters. The van der Waals surface area contributed by atoms with Crippen LogP contribution < -0.4 is 10.2 Å². The van der Waals surface area contributed by atoms with Crippen LogP contribution in [0.2, 0.25) is 0 Å². The lowest BCUT2D eigenvalue weighted by Gasteiger charge is -2.20. The maximum Gasteiger partial charge on any atom is 0.147 e. The average Bonchev–Trinajstić information content (AvgIpc) is 2.98. The van der Waals surface area contributed by atoms with E-state index in [-0.39, 0.29) is 0 Å². The highest BCUT2D eigenvalue weighted by Crippen LogP contribution is 2.16. The molecule has 0 aromatic carbocycles. The van der Waals surface area contributed by atoms with Gasteiger partial charge in [0.1, 0.15) is 5.82 Å². The molecule has 0 aliphatic heterocycles. The predicted octanol–water partition coefficient (Wildman–Crippen LogP) is 3.31. The van der Waals surface area contributed by atoms with E-state index in [9.17, 15) is 0 Å². The molecule has 2 aromatic rings. The minimum absolute atomic E-state index is 0.651. The molecule has 5 heteroatoms. The number of rotatable bonds is 8. The Morgan fingerprint density at radius 3 is 2.71 bits per heavy atom. The third kappa shape index (κ3) is 5.10. The van der Waals surface area contributed by atoms with E-state index in [1.54, 1.807) is 11.3 Å². The third-order valence-electron chi connectivity index (χ3n) is 3.18. The molecule has 2 rings (SSSR count). The summed E-state index contributed by atoms with van der Waals surface area (Å²) in [4.78, 5) is 12.7. The van der Waals surface area contributed by atoms with Gasteiger partial charge in [0.25, 0.3) is 0 Å². The van der Waals surface area contributed by atoms with Crippen molar-refractivity contribution in [1.82, 2.24) is 15.3 Å². The first kappa shape index (κ1) is 15.9. The molecule has 21 heavy (non-hydrogen) atoms. The highest BCUT2D eigenvalue weighted by atomic mass is 32.1. The van der Waals surface area contributed by atoms with Crippen LogP contribution in [0.25, 0.3) is 0 Å². The number of hydrogen-bond acceptors (Lipinski definition) is 5. The van der Waals surface area contributed by atoms with Gasteiger partial charge in [-0.25, -0.2) is 4.98 Å². The summed E-state index contributed by atoms with van der Waals surface area (Å²) in [5, 5.41) is 5.50. The van der Waals surface area contributed by atoms with Crippen molar-refractivity contribution in [3.8, 4) is 0 Å². The molecule has 0 amide bonds. The average molecular weight is 304 g/mol. The Morgan fingerprint density at radius 1 is 1.29 bits per heavy atom. The second kappa shape index (κ2) is 8.10. The highest BCUT2D eigenvalue weighted by Gasteiger charge is 2.08.